The zero-order valence-electron chi connectivity index (χ0n) is 8.65. The molecule has 4 heteroatoms. The topological polar surface area (TPSA) is 26.0 Å². The smallest absolute Gasteiger partial charge is 0.0646 e. The molecule has 0 radical (unpaired) electrons. The highest BCUT2D eigenvalue weighted by Crippen LogP contribution is 2.38. The fraction of sp³-hybridized carbons (Fsp3) is 0.167. The number of benzene rings is 1. The average molecular weight is 270 g/mol. The first-order chi connectivity index (χ1) is 7.81. The van der Waals surface area contributed by atoms with Gasteiger partial charge in [-0.05, 0) is 36.0 Å². The molecule has 0 unspecified atom stereocenters. The van der Waals surface area contributed by atoms with Crippen molar-refractivity contribution in [3.63, 3.8) is 0 Å². The first-order valence-electron chi connectivity index (χ1n) is 5.00. The Morgan fingerprint density at radius 1 is 1.25 bits per heavy atom. The van der Waals surface area contributed by atoms with Gasteiger partial charge in [0.1, 0.15) is 0 Å². The average Bonchev–Trinajstić information content (AvgIpc) is 2.76. The number of hydrogen-bond donors (Lipinski definition) is 1. The SMILES string of the molecule is NCCc1cccc(Cl)c1Sc1cccs1. The van der Waals surface area contributed by atoms with Gasteiger partial charge < -0.3 is 5.73 Å². The van der Waals surface area contributed by atoms with Crippen molar-refractivity contribution in [3.05, 3.63) is 46.3 Å². The molecular formula is C12H12ClNS2. The summed E-state index contributed by atoms with van der Waals surface area (Å²) in [5.41, 5.74) is 6.83. The molecule has 16 heavy (non-hydrogen) atoms. The fourth-order valence-electron chi connectivity index (χ4n) is 1.44. The van der Waals surface area contributed by atoms with Crippen molar-refractivity contribution in [2.75, 3.05) is 6.54 Å². The van der Waals surface area contributed by atoms with Crippen LogP contribution in [0.1, 0.15) is 5.56 Å². The normalized spacial score (nSPS) is 10.6. The molecule has 0 aliphatic carbocycles. The lowest BCUT2D eigenvalue weighted by molar-refractivity contribution is 0.945. The van der Waals surface area contributed by atoms with E-state index in [1.54, 1.807) is 23.1 Å². The lowest BCUT2D eigenvalue weighted by Crippen LogP contribution is -2.03. The van der Waals surface area contributed by atoms with Crippen LogP contribution in [0, 0.1) is 0 Å². The first-order valence-corrected chi connectivity index (χ1v) is 7.07. The number of thiophene rings is 1. The van der Waals surface area contributed by atoms with Gasteiger partial charge in [0.25, 0.3) is 0 Å². The van der Waals surface area contributed by atoms with Gasteiger partial charge in [0, 0.05) is 4.90 Å². The van der Waals surface area contributed by atoms with Crippen LogP contribution >= 0.6 is 34.7 Å². The Hall–Kier alpha value is -0.480. The van der Waals surface area contributed by atoms with E-state index >= 15 is 0 Å². The van der Waals surface area contributed by atoms with Crippen molar-refractivity contribution in [1.29, 1.82) is 0 Å². The zero-order valence-corrected chi connectivity index (χ0v) is 11.0. The van der Waals surface area contributed by atoms with Crippen LogP contribution in [0.5, 0.6) is 0 Å². The highest BCUT2D eigenvalue weighted by molar-refractivity contribution is 8.01. The Balaban J connectivity index is 2.30. The van der Waals surface area contributed by atoms with Crippen molar-refractivity contribution in [2.24, 2.45) is 5.73 Å². The molecule has 2 aromatic rings. The first kappa shape index (κ1) is 12.0. The predicted molar refractivity (Wildman–Crippen MR) is 72.7 cm³/mol. The van der Waals surface area contributed by atoms with E-state index in [0.717, 1.165) is 16.3 Å². The molecule has 0 amide bonds. The fourth-order valence-corrected chi connectivity index (χ4v) is 3.62. The molecule has 0 fully saturated rings. The van der Waals surface area contributed by atoms with E-state index in [1.165, 1.54) is 9.77 Å². The van der Waals surface area contributed by atoms with Crippen molar-refractivity contribution < 1.29 is 0 Å². The summed E-state index contributed by atoms with van der Waals surface area (Å²) in [6.07, 6.45) is 0.869. The molecule has 1 aromatic carbocycles. The van der Waals surface area contributed by atoms with Gasteiger partial charge in [0.2, 0.25) is 0 Å². The highest BCUT2D eigenvalue weighted by Gasteiger charge is 2.08. The molecule has 0 saturated carbocycles. The Bertz CT molecular complexity index is 454. The van der Waals surface area contributed by atoms with E-state index in [1.807, 2.05) is 18.2 Å². The summed E-state index contributed by atoms with van der Waals surface area (Å²) in [4.78, 5) is 1.14. The van der Waals surface area contributed by atoms with Crippen LogP contribution in [-0.2, 0) is 6.42 Å². The standard InChI is InChI=1S/C12H12ClNS2/c13-10-4-1-3-9(6-7-14)12(10)16-11-5-2-8-15-11/h1-5,8H,6-7,14H2. The molecule has 2 N–H and O–H groups in total. The third-order valence-corrected chi connectivity index (χ3v) is 4.81. The number of hydrogen-bond acceptors (Lipinski definition) is 3. The van der Waals surface area contributed by atoms with Crippen molar-refractivity contribution >= 4 is 34.7 Å². The summed E-state index contributed by atoms with van der Waals surface area (Å²) in [5, 5.41) is 2.88. The maximum atomic E-state index is 6.23. The second-order valence-corrected chi connectivity index (χ2v) is 5.97. The molecule has 0 bridgehead atoms. The maximum absolute atomic E-state index is 6.23. The quantitative estimate of drug-likeness (QED) is 0.906. The molecular weight excluding hydrogens is 258 g/mol. The molecule has 2 rings (SSSR count). The van der Waals surface area contributed by atoms with Crippen LogP contribution in [0.4, 0.5) is 0 Å². The van der Waals surface area contributed by atoms with E-state index in [0.29, 0.717) is 6.54 Å². The summed E-state index contributed by atoms with van der Waals surface area (Å²) >= 11 is 9.67. The molecule has 1 heterocycles. The van der Waals surface area contributed by atoms with Crippen molar-refractivity contribution in [3.8, 4) is 0 Å². The lowest BCUT2D eigenvalue weighted by Gasteiger charge is -2.08. The van der Waals surface area contributed by atoms with Crippen LogP contribution in [0.2, 0.25) is 5.02 Å². The van der Waals surface area contributed by atoms with E-state index in [2.05, 4.69) is 17.5 Å². The van der Waals surface area contributed by atoms with E-state index in [4.69, 9.17) is 17.3 Å². The summed E-state index contributed by atoms with van der Waals surface area (Å²) in [7, 11) is 0. The molecule has 1 nitrogen and oxygen atoms in total. The van der Waals surface area contributed by atoms with E-state index < -0.39 is 0 Å². The van der Waals surface area contributed by atoms with Gasteiger partial charge in [0.15, 0.2) is 0 Å². The Morgan fingerprint density at radius 2 is 2.12 bits per heavy atom. The van der Waals surface area contributed by atoms with Crippen LogP contribution in [0.25, 0.3) is 0 Å². The molecule has 0 aliphatic heterocycles. The van der Waals surface area contributed by atoms with E-state index in [9.17, 15) is 0 Å². The third-order valence-electron chi connectivity index (χ3n) is 2.16. The summed E-state index contributed by atoms with van der Waals surface area (Å²) in [6, 6.07) is 10.1. The number of halogens is 1. The Labute approximate surface area is 109 Å². The second-order valence-electron chi connectivity index (χ2n) is 3.30. The molecule has 1 aromatic heterocycles. The Kier molecular flexibility index (Phi) is 4.29. The minimum absolute atomic E-state index is 0.651. The number of rotatable bonds is 4. The molecule has 0 spiro atoms. The molecule has 84 valence electrons. The maximum Gasteiger partial charge on any atom is 0.0646 e. The predicted octanol–water partition coefficient (Wildman–Crippen LogP) is 4.05. The van der Waals surface area contributed by atoms with Crippen molar-refractivity contribution in [1.82, 2.24) is 0 Å². The third kappa shape index (κ3) is 2.80. The summed E-state index contributed by atoms with van der Waals surface area (Å²) < 4.78 is 1.26. The van der Waals surface area contributed by atoms with Crippen LogP contribution in [-0.4, -0.2) is 6.54 Å². The summed E-state index contributed by atoms with van der Waals surface area (Å²) in [6.45, 7) is 0.651. The van der Waals surface area contributed by atoms with Gasteiger partial charge in [-0.25, -0.2) is 0 Å². The van der Waals surface area contributed by atoms with E-state index in [-0.39, 0.29) is 0 Å². The molecule has 0 atom stereocenters. The van der Waals surface area contributed by atoms with Crippen LogP contribution in [0.15, 0.2) is 44.8 Å². The van der Waals surface area contributed by atoms with Crippen LogP contribution in [0.3, 0.4) is 0 Å². The largest absolute Gasteiger partial charge is 0.330 e. The number of nitrogens with two attached hydrogens (primary N) is 1. The van der Waals surface area contributed by atoms with Gasteiger partial charge in [-0.15, -0.1) is 11.3 Å². The van der Waals surface area contributed by atoms with Gasteiger partial charge in [-0.2, -0.15) is 0 Å². The molecule has 0 saturated heterocycles. The zero-order chi connectivity index (χ0) is 11.4. The van der Waals surface area contributed by atoms with Gasteiger partial charge in [-0.1, -0.05) is 41.6 Å². The van der Waals surface area contributed by atoms with Gasteiger partial charge >= 0.3 is 0 Å². The Morgan fingerprint density at radius 3 is 2.81 bits per heavy atom. The van der Waals surface area contributed by atoms with Crippen LogP contribution < -0.4 is 5.73 Å². The minimum Gasteiger partial charge on any atom is -0.330 e. The lowest BCUT2D eigenvalue weighted by atomic mass is 10.1. The minimum atomic E-state index is 0.651. The van der Waals surface area contributed by atoms with Gasteiger partial charge in [-0.3, -0.25) is 0 Å². The monoisotopic (exact) mass is 269 g/mol. The second kappa shape index (κ2) is 5.73. The molecule has 0 aliphatic rings. The summed E-state index contributed by atoms with van der Waals surface area (Å²) in [5.74, 6) is 0. The van der Waals surface area contributed by atoms with Crippen molar-refractivity contribution in [2.45, 2.75) is 15.5 Å². The van der Waals surface area contributed by atoms with Gasteiger partial charge in [0.05, 0.1) is 9.23 Å². The highest BCUT2D eigenvalue weighted by atomic mass is 35.5.